The number of amides is 1. The maximum absolute atomic E-state index is 12.6. The fraction of sp³-hybridized carbons (Fsp3) is 0.588. The number of hydrogen-bond donors (Lipinski definition) is 0. The summed E-state index contributed by atoms with van der Waals surface area (Å²) >= 11 is 0. The maximum Gasteiger partial charge on any atom is 0.243 e. The Morgan fingerprint density at radius 1 is 1.28 bits per heavy atom. The van der Waals surface area contributed by atoms with Crippen molar-refractivity contribution in [2.75, 3.05) is 43.4 Å². The quantitative estimate of drug-likeness (QED) is 0.805. The highest BCUT2D eigenvalue weighted by Gasteiger charge is 2.27. The lowest BCUT2D eigenvalue weighted by atomic mass is 10.0. The van der Waals surface area contributed by atoms with E-state index in [2.05, 4.69) is 6.92 Å². The standard InChI is InChI=1S/C17H24N2O5S/c1-13-4-3-7-18(11-13)17(20)12-19(25(2,21)22)14-5-6-15-16(10-14)24-9-8-23-15/h5-6,10,13H,3-4,7-9,11-12H2,1-2H3. The van der Waals surface area contributed by atoms with Gasteiger partial charge in [-0.3, -0.25) is 9.10 Å². The monoisotopic (exact) mass is 368 g/mol. The van der Waals surface area contributed by atoms with E-state index in [1.807, 2.05) is 0 Å². The van der Waals surface area contributed by atoms with Crippen LogP contribution in [0.1, 0.15) is 19.8 Å². The fourth-order valence-corrected chi connectivity index (χ4v) is 4.07. The van der Waals surface area contributed by atoms with Crippen molar-refractivity contribution >= 4 is 21.6 Å². The first-order valence-corrected chi connectivity index (χ1v) is 10.3. The van der Waals surface area contributed by atoms with Crippen molar-refractivity contribution < 1.29 is 22.7 Å². The number of ether oxygens (including phenoxy) is 2. The van der Waals surface area contributed by atoms with Gasteiger partial charge in [0, 0.05) is 19.2 Å². The van der Waals surface area contributed by atoms with E-state index in [4.69, 9.17) is 9.47 Å². The molecule has 1 amide bonds. The van der Waals surface area contributed by atoms with Gasteiger partial charge in [-0.25, -0.2) is 8.42 Å². The van der Waals surface area contributed by atoms with E-state index in [0.717, 1.165) is 23.4 Å². The molecule has 0 saturated carbocycles. The minimum Gasteiger partial charge on any atom is -0.486 e. The molecule has 0 bridgehead atoms. The Labute approximate surface area is 148 Å². The van der Waals surface area contributed by atoms with Gasteiger partial charge in [-0.1, -0.05) is 6.92 Å². The second-order valence-electron chi connectivity index (χ2n) is 6.68. The number of carbonyl (C=O) groups is 1. The molecule has 1 aromatic rings. The van der Waals surface area contributed by atoms with Crippen LogP contribution < -0.4 is 13.8 Å². The highest BCUT2D eigenvalue weighted by atomic mass is 32.2. The van der Waals surface area contributed by atoms with Gasteiger partial charge in [-0.15, -0.1) is 0 Å². The molecule has 1 unspecified atom stereocenters. The summed E-state index contributed by atoms with van der Waals surface area (Å²) in [6, 6.07) is 4.93. The van der Waals surface area contributed by atoms with Crippen LogP contribution in [0.3, 0.4) is 0 Å². The summed E-state index contributed by atoms with van der Waals surface area (Å²) in [6.45, 7) is 4.15. The molecule has 1 fully saturated rings. The highest BCUT2D eigenvalue weighted by Crippen LogP contribution is 2.34. The zero-order chi connectivity index (χ0) is 18.0. The van der Waals surface area contributed by atoms with E-state index in [-0.39, 0.29) is 12.5 Å². The van der Waals surface area contributed by atoms with E-state index in [0.29, 0.717) is 49.4 Å². The van der Waals surface area contributed by atoms with Crippen LogP contribution >= 0.6 is 0 Å². The van der Waals surface area contributed by atoms with Gasteiger partial charge < -0.3 is 14.4 Å². The Bertz CT molecular complexity index is 749. The van der Waals surface area contributed by atoms with Gasteiger partial charge in [0.25, 0.3) is 0 Å². The molecule has 3 rings (SSSR count). The van der Waals surface area contributed by atoms with Gasteiger partial charge in [0.05, 0.1) is 11.9 Å². The maximum atomic E-state index is 12.6. The van der Waals surface area contributed by atoms with Gasteiger partial charge in [0.1, 0.15) is 19.8 Å². The van der Waals surface area contributed by atoms with Crippen LogP contribution in [0.2, 0.25) is 0 Å². The smallest absolute Gasteiger partial charge is 0.243 e. The number of rotatable bonds is 4. The Hall–Kier alpha value is -1.96. The van der Waals surface area contributed by atoms with E-state index >= 15 is 0 Å². The van der Waals surface area contributed by atoms with Crippen molar-refractivity contribution in [3.63, 3.8) is 0 Å². The summed E-state index contributed by atoms with van der Waals surface area (Å²) < 4.78 is 36.6. The van der Waals surface area contributed by atoms with Gasteiger partial charge in [0.15, 0.2) is 11.5 Å². The summed E-state index contributed by atoms with van der Waals surface area (Å²) in [5, 5.41) is 0. The number of sulfonamides is 1. The summed E-state index contributed by atoms with van der Waals surface area (Å²) in [7, 11) is -3.60. The minimum atomic E-state index is -3.60. The predicted molar refractivity (Wildman–Crippen MR) is 94.6 cm³/mol. The van der Waals surface area contributed by atoms with Crippen molar-refractivity contribution in [2.24, 2.45) is 5.92 Å². The summed E-state index contributed by atoms with van der Waals surface area (Å²) in [4.78, 5) is 14.4. The topological polar surface area (TPSA) is 76.2 Å². The number of fused-ring (bicyclic) bond motifs is 1. The molecular weight excluding hydrogens is 344 g/mol. The SMILES string of the molecule is CC1CCCN(C(=O)CN(c2ccc3c(c2)OCCO3)S(C)(=O)=O)C1. The highest BCUT2D eigenvalue weighted by molar-refractivity contribution is 7.92. The van der Waals surface area contributed by atoms with Gasteiger partial charge in [-0.2, -0.15) is 0 Å². The average Bonchev–Trinajstić information content (AvgIpc) is 2.58. The van der Waals surface area contributed by atoms with Crippen LogP contribution in [0.15, 0.2) is 18.2 Å². The third kappa shape index (κ3) is 4.18. The third-order valence-corrected chi connectivity index (χ3v) is 5.64. The fourth-order valence-electron chi connectivity index (χ4n) is 3.23. The second-order valence-corrected chi connectivity index (χ2v) is 8.59. The number of carbonyl (C=O) groups excluding carboxylic acids is 1. The number of anilines is 1. The van der Waals surface area contributed by atoms with Crippen molar-refractivity contribution in [2.45, 2.75) is 19.8 Å². The van der Waals surface area contributed by atoms with Crippen molar-refractivity contribution in [1.29, 1.82) is 0 Å². The van der Waals surface area contributed by atoms with Crippen LogP contribution in [-0.2, 0) is 14.8 Å². The van der Waals surface area contributed by atoms with Crippen molar-refractivity contribution in [3.8, 4) is 11.5 Å². The normalized spacial score (nSPS) is 20.2. The lowest BCUT2D eigenvalue weighted by molar-refractivity contribution is -0.131. The van der Waals surface area contributed by atoms with Crippen LogP contribution in [0.25, 0.3) is 0 Å². The Morgan fingerprint density at radius 2 is 2.00 bits per heavy atom. The molecule has 1 aromatic carbocycles. The number of nitrogens with zero attached hydrogens (tertiary/aromatic N) is 2. The molecule has 25 heavy (non-hydrogen) atoms. The second kappa shape index (κ2) is 7.11. The molecule has 2 heterocycles. The lowest BCUT2D eigenvalue weighted by Crippen LogP contribution is -2.46. The van der Waals surface area contributed by atoms with E-state index in [1.54, 1.807) is 23.1 Å². The molecule has 0 N–H and O–H groups in total. The van der Waals surface area contributed by atoms with Gasteiger partial charge in [0.2, 0.25) is 15.9 Å². The molecule has 0 radical (unpaired) electrons. The zero-order valence-corrected chi connectivity index (χ0v) is 15.4. The first-order valence-electron chi connectivity index (χ1n) is 8.50. The first kappa shape index (κ1) is 17.8. The Kier molecular flexibility index (Phi) is 5.08. The molecule has 2 aliphatic heterocycles. The molecule has 138 valence electrons. The third-order valence-electron chi connectivity index (χ3n) is 4.50. The van der Waals surface area contributed by atoms with Crippen LogP contribution in [-0.4, -0.2) is 58.3 Å². The minimum absolute atomic E-state index is 0.174. The van der Waals surface area contributed by atoms with E-state index in [1.165, 1.54) is 0 Å². The van der Waals surface area contributed by atoms with Gasteiger partial charge in [-0.05, 0) is 30.9 Å². The predicted octanol–water partition coefficient (Wildman–Crippen LogP) is 1.48. The van der Waals surface area contributed by atoms with Crippen LogP contribution in [0.5, 0.6) is 11.5 Å². The molecule has 2 aliphatic rings. The van der Waals surface area contributed by atoms with Crippen LogP contribution in [0, 0.1) is 5.92 Å². The van der Waals surface area contributed by atoms with Crippen molar-refractivity contribution in [1.82, 2.24) is 4.90 Å². The molecule has 0 aromatic heterocycles. The largest absolute Gasteiger partial charge is 0.486 e. The Morgan fingerprint density at radius 3 is 2.68 bits per heavy atom. The lowest BCUT2D eigenvalue weighted by Gasteiger charge is -2.33. The molecule has 1 atom stereocenters. The number of piperidine rings is 1. The van der Waals surface area contributed by atoms with E-state index in [9.17, 15) is 13.2 Å². The molecule has 0 spiro atoms. The zero-order valence-electron chi connectivity index (χ0n) is 14.6. The van der Waals surface area contributed by atoms with Gasteiger partial charge >= 0.3 is 0 Å². The summed E-state index contributed by atoms with van der Waals surface area (Å²) in [5.41, 5.74) is 0.408. The van der Waals surface area contributed by atoms with Crippen LogP contribution in [0.4, 0.5) is 5.69 Å². The number of benzene rings is 1. The van der Waals surface area contributed by atoms with Crippen molar-refractivity contribution in [3.05, 3.63) is 18.2 Å². The number of hydrogen-bond acceptors (Lipinski definition) is 5. The average molecular weight is 368 g/mol. The van der Waals surface area contributed by atoms with E-state index < -0.39 is 10.0 Å². The molecule has 7 nitrogen and oxygen atoms in total. The molecule has 0 aliphatic carbocycles. The number of likely N-dealkylation sites (tertiary alicyclic amines) is 1. The molecule has 8 heteroatoms. The molecule has 1 saturated heterocycles. The summed E-state index contributed by atoms with van der Waals surface area (Å²) in [5.74, 6) is 1.35. The Balaban J connectivity index is 1.82. The molecular formula is C17H24N2O5S. The first-order chi connectivity index (χ1) is 11.8. The summed E-state index contributed by atoms with van der Waals surface area (Å²) in [6.07, 6.45) is 3.16.